The molecule has 2 aromatic carbocycles. The molecule has 0 N–H and O–H groups in total. The molecule has 0 bridgehead atoms. The Bertz CT molecular complexity index is 568. The first-order valence-electron chi connectivity index (χ1n) is 6.28. The molecule has 0 saturated heterocycles. The van der Waals surface area contributed by atoms with Crippen LogP contribution in [0.3, 0.4) is 0 Å². The maximum Gasteiger partial charge on any atom is 0.150 e. The molecular weight excluding hydrogens is 220 g/mol. The number of rotatable bonds is 3. The molecule has 1 nitrogen and oxygen atoms in total. The molecule has 0 amide bonds. The van der Waals surface area contributed by atoms with Gasteiger partial charge in [-0.3, -0.25) is 4.79 Å². The molecule has 0 aliphatic rings. The fourth-order valence-corrected chi connectivity index (χ4v) is 2.09. The summed E-state index contributed by atoms with van der Waals surface area (Å²) in [5.74, 6) is 0.495. The van der Waals surface area contributed by atoms with Crippen LogP contribution < -0.4 is 0 Å². The molecule has 1 heteroatoms. The van der Waals surface area contributed by atoms with E-state index in [0.717, 1.165) is 23.0 Å². The average Bonchev–Trinajstić information content (AvgIpc) is 2.39. The molecule has 0 aromatic heterocycles. The van der Waals surface area contributed by atoms with E-state index in [1.807, 2.05) is 19.1 Å². The van der Waals surface area contributed by atoms with Crippen LogP contribution in [0.25, 0.3) is 11.1 Å². The van der Waals surface area contributed by atoms with Gasteiger partial charge < -0.3 is 0 Å². The second-order valence-electron chi connectivity index (χ2n) is 4.99. The summed E-state index contributed by atoms with van der Waals surface area (Å²) in [5.41, 5.74) is 5.36. The minimum absolute atomic E-state index is 0.495. The lowest BCUT2D eigenvalue weighted by atomic mass is 9.94. The van der Waals surface area contributed by atoms with E-state index in [1.165, 1.54) is 11.1 Å². The Morgan fingerprint density at radius 3 is 2.50 bits per heavy atom. The van der Waals surface area contributed by atoms with Crippen molar-refractivity contribution < 1.29 is 4.79 Å². The maximum absolute atomic E-state index is 11.1. The lowest BCUT2D eigenvalue weighted by Crippen LogP contribution is -1.91. The van der Waals surface area contributed by atoms with Crippen molar-refractivity contribution in [3.63, 3.8) is 0 Å². The fourth-order valence-electron chi connectivity index (χ4n) is 2.09. The van der Waals surface area contributed by atoms with Gasteiger partial charge in [0.05, 0.1) is 0 Å². The number of aldehydes is 1. The van der Waals surface area contributed by atoms with Crippen LogP contribution >= 0.6 is 0 Å². The number of hydrogen-bond acceptors (Lipinski definition) is 1. The summed E-state index contributed by atoms with van der Waals surface area (Å²) >= 11 is 0. The van der Waals surface area contributed by atoms with Gasteiger partial charge in [-0.05, 0) is 29.5 Å². The van der Waals surface area contributed by atoms with Crippen molar-refractivity contribution in [1.82, 2.24) is 0 Å². The van der Waals surface area contributed by atoms with Crippen LogP contribution in [-0.4, -0.2) is 6.29 Å². The molecule has 0 aliphatic heterocycles. The second kappa shape index (κ2) is 5.18. The van der Waals surface area contributed by atoms with Crippen molar-refractivity contribution >= 4 is 6.29 Å². The van der Waals surface area contributed by atoms with Gasteiger partial charge in [-0.25, -0.2) is 0 Å². The molecule has 0 atom stereocenters. The third-order valence-corrected chi connectivity index (χ3v) is 3.20. The van der Waals surface area contributed by atoms with Gasteiger partial charge in [0, 0.05) is 5.56 Å². The van der Waals surface area contributed by atoms with E-state index >= 15 is 0 Å². The molecule has 2 rings (SSSR count). The predicted octanol–water partition coefficient (Wildman–Crippen LogP) is 4.60. The van der Waals surface area contributed by atoms with Gasteiger partial charge in [0.25, 0.3) is 0 Å². The number of carbonyl (C=O) groups excluding carboxylic acids is 1. The van der Waals surface area contributed by atoms with E-state index in [4.69, 9.17) is 0 Å². The number of carbonyl (C=O) groups is 1. The van der Waals surface area contributed by atoms with E-state index in [1.54, 1.807) is 0 Å². The molecular formula is C17H18O. The summed E-state index contributed by atoms with van der Waals surface area (Å²) in [5, 5.41) is 0. The van der Waals surface area contributed by atoms with Crippen LogP contribution in [-0.2, 0) is 0 Å². The van der Waals surface area contributed by atoms with Crippen molar-refractivity contribution in [1.29, 1.82) is 0 Å². The smallest absolute Gasteiger partial charge is 0.150 e. The highest BCUT2D eigenvalue weighted by molar-refractivity contribution is 5.87. The normalized spacial score (nSPS) is 10.7. The first-order valence-corrected chi connectivity index (χ1v) is 6.28. The lowest BCUT2D eigenvalue weighted by molar-refractivity contribution is 0.112. The lowest BCUT2D eigenvalue weighted by Gasteiger charge is -2.10. The summed E-state index contributed by atoms with van der Waals surface area (Å²) < 4.78 is 0. The molecule has 0 aliphatic carbocycles. The Morgan fingerprint density at radius 1 is 1.06 bits per heavy atom. The van der Waals surface area contributed by atoms with Crippen molar-refractivity contribution in [2.24, 2.45) is 0 Å². The Labute approximate surface area is 108 Å². The Kier molecular flexibility index (Phi) is 3.61. The minimum Gasteiger partial charge on any atom is -0.298 e. The molecule has 0 saturated carbocycles. The summed E-state index contributed by atoms with van der Waals surface area (Å²) in [6, 6.07) is 14.4. The molecule has 2 aromatic rings. The summed E-state index contributed by atoms with van der Waals surface area (Å²) in [4.78, 5) is 11.1. The zero-order valence-electron chi connectivity index (χ0n) is 11.1. The van der Waals surface area contributed by atoms with Gasteiger partial charge in [0.1, 0.15) is 0 Å². The largest absolute Gasteiger partial charge is 0.298 e. The van der Waals surface area contributed by atoms with Crippen LogP contribution in [0.2, 0.25) is 0 Å². The molecule has 0 heterocycles. The Hall–Kier alpha value is -1.89. The first-order chi connectivity index (χ1) is 8.61. The topological polar surface area (TPSA) is 17.1 Å². The van der Waals surface area contributed by atoms with Crippen molar-refractivity contribution in [2.45, 2.75) is 26.7 Å². The highest BCUT2D eigenvalue weighted by Gasteiger charge is 2.07. The number of hydrogen-bond donors (Lipinski definition) is 0. The quantitative estimate of drug-likeness (QED) is 0.714. The van der Waals surface area contributed by atoms with E-state index in [-0.39, 0.29) is 0 Å². The van der Waals surface area contributed by atoms with E-state index < -0.39 is 0 Å². The van der Waals surface area contributed by atoms with Crippen LogP contribution in [0.5, 0.6) is 0 Å². The molecule has 0 spiro atoms. The average molecular weight is 238 g/mol. The zero-order chi connectivity index (χ0) is 13.1. The summed E-state index contributed by atoms with van der Waals surface area (Å²) in [6.07, 6.45) is 0.927. The van der Waals surface area contributed by atoms with Gasteiger partial charge in [0.2, 0.25) is 0 Å². The first kappa shape index (κ1) is 12.6. The molecule has 0 unspecified atom stereocenters. The van der Waals surface area contributed by atoms with Crippen molar-refractivity contribution in [3.05, 3.63) is 59.2 Å². The zero-order valence-corrected chi connectivity index (χ0v) is 11.1. The molecule has 92 valence electrons. The van der Waals surface area contributed by atoms with Gasteiger partial charge in [-0.1, -0.05) is 61.9 Å². The Morgan fingerprint density at radius 2 is 1.83 bits per heavy atom. The molecule has 0 radical (unpaired) electrons. The third-order valence-electron chi connectivity index (χ3n) is 3.20. The number of aryl methyl sites for hydroxylation is 1. The van der Waals surface area contributed by atoms with Gasteiger partial charge in [-0.2, -0.15) is 0 Å². The van der Waals surface area contributed by atoms with Crippen LogP contribution in [0.4, 0.5) is 0 Å². The second-order valence-corrected chi connectivity index (χ2v) is 4.99. The van der Waals surface area contributed by atoms with Gasteiger partial charge in [-0.15, -0.1) is 0 Å². The monoisotopic (exact) mass is 238 g/mol. The predicted molar refractivity (Wildman–Crippen MR) is 76.1 cm³/mol. The fraction of sp³-hybridized carbons (Fsp3) is 0.235. The standard InChI is InChI=1S/C17H18O/c1-12(2)14-5-4-6-15(10-14)17-9-13(3)7-8-16(17)11-18/h4-12H,1-3H3. The van der Waals surface area contributed by atoms with E-state index in [9.17, 15) is 4.79 Å². The SMILES string of the molecule is Cc1ccc(C=O)c(-c2cccc(C(C)C)c2)c1. The minimum atomic E-state index is 0.495. The van der Waals surface area contributed by atoms with Crippen LogP contribution in [0, 0.1) is 6.92 Å². The van der Waals surface area contributed by atoms with Gasteiger partial charge >= 0.3 is 0 Å². The van der Waals surface area contributed by atoms with Gasteiger partial charge in [0.15, 0.2) is 6.29 Å². The highest BCUT2D eigenvalue weighted by atomic mass is 16.1. The van der Waals surface area contributed by atoms with Crippen molar-refractivity contribution in [2.75, 3.05) is 0 Å². The molecule has 0 fully saturated rings. The third kappa shape index (κ3) is 2.51. The van der Waals surface area contributed by atoms with Crippen molar-refractivity contribution in [3.8, 4) is 11.1 Å². The van der Waals surface area contributed by atoms with E-state index in [0.29, 0.717) is 5.92 Å². The number of benzene rings is 2. The highest BCUT2D eigenvalue weighted by Crippen LogP contribution is 2.27. The van der Waals surface area contributed by atoms with Crippen LogP contribution in [0.1, 0.15) is 41.3 Å². The maximum atomic E-state index is 11.1. The van der Waals surface area contributed by atoms with Crippen LogP contribution in [0.15, 0.2) is 42.5 Å². The summed E-state index contributed by atoms with van der Waals surface area (Å²) in [7, 11) is 0. The van der Waals surface area contributed by atoms with E-state index in [2.05, 4.69) is 44.2 Å². The Balaban J connectivity index is 2.57. The summed E-state index contributed by atoms with van der Waals surface area (Å²) in [6.45, 7) is 6.40. The molecule has 18 heavy (non-hydrogen) atoms.